The first-order valence-electron chi connectivity index (χ1n) is 10.3. The molecule has 0 atom stereocenters. The molecule has 0 unspecified atom stereocenters. The molecule has 0 bridgehead atoms. The summed E-state index contributed by atoms with van der Waals surface area (Å²) in [7, 11) is 2.07. The quantitative estimate of drug-likeness (QED) is 0.522. The maximum absolute atomic E-state index is 11.8. The normalized spacial score (nSPS) is 13.3. The smallest absolute Gasteiger partial charge is 0.253 e. The Morgan fingerprint density at radius 1 is 1.13 bits per heavy atom. The molecule has 1 amide bonds. The van der Waals surface area contributed by atoms with Crippen LogP contribution in [0.25, 0.3) is 16.9 Å². The second-order valence-corrected chi connectivity index (χ2v) is 7.69. The van der Waals surface area contributed by atoms with Gasteiger partial charge in [0, 0.05) is 25.5 Å². The number of fused-ring (bicyclic) bond motifs is 2. The summed E-state index contributed by atoms with van der Waals surface area (Å²) in [6, 6.07) is 15.6. The molecule has 0 spiro atoms. The van der Waals surface area contributed by atoms with Crippen LogP contribution in [0.3, 0.4) is 0 Å². The van der Waals surface area contributed by atoms with E-state index in [1.165, 1.54) is 5.56 Å². The van der Waals surface area contributed by atoms with Crippen LogP contribution >= 0.6 is 0 Å². The van der Waals surface area contributed by atoms with Crippen molar-refractivity contribution in [3.8, 4) is 5.95 Å². The van der Waals surface area contributed by atoms with E-state index in [9.17, 15) is 4.79 Å². The number of nitrogens with zero attached hydrogens (tertiary/aromatic N) is 5. The molecule has 2 aromatic heterocycles. The van der Waals surface area contributed by atoms with Crippen LogP contribution in [0.2, 0.25) is 0 Å². The van der Waals surface area contributed by atoms with Crippen molar-refractivity contribution in [2.45, 2.75) is 19.4 Å². The van der Waals surface area contributed by atoms with Gasteiger partial charge >= 0.3 is 0 Å². The predicted octanol–water partition coefficient (Wildman–Crippen LogP) is 2.91. The summed E-state index contributed by atoms with van der Waals surface area (Å²) >= 11 is 0. The van der Waals surface area contributed by atoms with Crippen LogP contribution in [0.5, 0.6) is 0 Å². The summed E-state index contributed by atoms with van der Waals surface area (Å²) in [6.45, 7) is 1.62. The molecule has 156 valence electrons. The van der Waals surface area contributed by atoms with E-state index < -0.39 is 5.91 Å². The van der Waals surface area contributed by atoms with E-state index in [0.717, 1.165) is 42.1 Å². The molecule has 1 aliphatic rings. The van der Waals surface area contributed by atoms with E-state index in [4.69, 9.17) is 15.7 Å². The Morgan fingerprint density at radius 3 is 2.77 bits per heavy atom. The molecule has 0 fully saturated rings. The lowest BCUT2D eigenvalue weighted by Crippen LogP contribution is -2.28. The Kier molecular flexibility index (Phi) is 4.74. The van der Waals surface area contributed by atoms with Crippen molar-refractivity contribution in [3.63, 3.8) is 0 Å². The summed E-state index contributed by atoms with van der Waals surface area (Å²) in [5.41, 5.74) is 9.90. The number of carbonyl (C=O) groups excluding carboxylic acids is 1. The largest absolute Gasteiger partial charge is 0.370 e. The zero-order chi connectivity index (χ0) is 21.4. The van der Waals surface area contributed by atoms with E-state index in [1.807, 2.05) is 24.3 Å². The van der Waals surface area contributed by atoms with E-state index in [0.29, 0.717) is 23.4 Å². The van der Waals surface area contributed by atoms with Gasteiger partial charge in [0.25, 0.3) is 5.95 Å². The van der Waals surface area contributed by atoms with Crippen molar-refractivity contribution in [1.82, 2.24) is 19.7 Å². The van der Waals surface area contributed by atoms with Gasteiger partial charge in [0.05, 0.1) is 23.0 Å². The van der Waals surface area contributed by atoms with Gasteiger partial charge < -0.3 is 16.0 Å². The number of rotatable bonds is 5. The molecule has 0 aliphatic carbocycles. The first-order chi connectivity index (χ1) is 15.1. The maximum atomic E-state index is 11.8. The monoisotopic (exact) mass is 413 g/mol. The topological polar surface area (TPSA) is 102 Å². The van der Waals surface area contributed by atoms with Crippen LogP contribution in [-0.4, -0.2) is 39.2 Å². The number of benzene rings is 2. The number of aryl methyl sites for hydroxylation is 1. The number of carbonyl (C=O) groups is 1. The van der Waals surface area contributed by atoms with Gasteiger partial charge in [-0.2, -0.15) is 14.8 Å². The third-order valence-corrected chi connectivity index (χ3v) is 5.60. The second-order valence-electron chi connectivity index (χ2n) is 7.69. The minimum absolute atomic E-state index is 0.434. The predicted molar refractivity (Wildman–Crippen MR) is 121 cm³/mol. The number of hydrogen-bond acceptors (Lipinski definition) is 6. The molecule has 2 aromatic carbocycles. The number of nitrogens with two attached hydrogens (primary N) is 1. The van der Waals surface area contributed by atoms with Crippen LogP contribution < -0.4 is 16.0 Å². The molecular formula is C23H23N7O. The zero-order valence-corrected chi connectivity index (χ0v) is 17.2. The molecular weight excluding hydrogens is 390 g/mol. The molecule has 0 radical (unpaired) electrons. The summed E-state index contributed by atoms with van der Waals surface area (Å²) < 4.78 is 1.67. The maximum Gasteiger partial charge on any atom is 0.253 e. The van der Waals surface area contributed by atoms with Crippen LogP contribution in [0.4, 0.5) is 11.5 Å². The van der Waals surface area contributed by atoms with Crippen molar-refractivity contribution in [2.24, 2.45) is 5.73 Å². The highest BCUT2D eigenvalue weighted by Crippen LogP contribution is 2.33. The number of amides is 1. The average molecular weight is 413 g/mol. The van der Waals surface area contributed by atoms with Gasteiger partial charge in [-0.25, -0.2) is 4.98 Å². The second kappa shape index (κ2) is 7.71. The standard InChI is InChI=1S/C23H23N7O/c1-29-12-6-10-18-20(29)22(25-13-15-7-3-2-4-8-15)28-23(27-18)30-19-11-5-9-16(21(24)31)17(19)14-26-30/h2-5,7-9,11,14H,6,10,12-13H2,1H3,(H2,24,31)(H,25,27,28). The fraction of sp³-hybridized carbons (Fsp3) is 0.217. The van der Waals surface area contributed by atoms with Gasteiger partial charge in [0.1, 0.15) is 5.69 Å². The van der Waals surface area contributed by atoms with E-state index >= 15 is 0 Å². The molecule has 3 N–H and O–H groups in total. The highest BCUT2D eigenvalue weighted by molar-refractivity contribution is 6.05. The summed E-state index contributed by atoms with van der Waals surface area (Å²) in [5, 5.41) is 8.66. The highest BCUT2D eigenvalue weighted by atomic mass is 16.1. The third kappa shape index (κ3) is 3.46. The number of primary amides is 1. The summed E-state index contributed by atoms with van der Waals surface area (Å²) in [5.74, 6) is 0.769. The van der Waals surface area contributed by atoms with Gasteiger partial charge in [-0.15, -0.1) is 0 Å². The van der Waals surface area contributed by atoms with Gasteiger partial charge in [0.15, 0.2) is 5.82 Å². The Bertz CT molecular complexity index is 1270. The lowest BCUT2D eigenvalue weighted by atomic mass is 10.1. The van der Waals surface area contributed by atoms with Crippen molar-refractivity contribution in [3.05, 3.63) is 71.5 Å². The fourth-order valence-corrected chi connectivity index (χ4v) is 4.08. The first-order valence-corrected chi connectivity index (χ1v) is 10.3. The Hall–Kier alpha value is -3.94. The fourth-order valence-electron chi connectivity index (χ4n) is 4.08. The SMILES string of the molecule is CN1CCCc2nc(-n3ncc4c(C(N)=O)cccc43)nc(NCc3ccccc3)c21. The Labute approximate surface area is 179 Å². The van der Waals surface area contributed by atoms with Crippen molar-refractivity contribution in [2.75, 3.05) is 23.8 Å². The Balaban J connectivity index is 1.61. The van der Waals surface area contributed by atoms with Gasteiger partial charge in [-0.3, -0.25) is 4.79 Å². The lowest BCUT2D eigenvalue weighted by molar-refractivity contribution is 0.100. The highest BCUT2D eigenvalue weighted by Gasteiger charge is 2.23. The third-order valence-electron chi connectivity index (χ3n) is 5.60. The number of nitrogens with one attached hydrogen (secondary N) is 1. The van der Waals surface area contributed by atoms with Crippen LogP contribution in [0.15, 0.2) is 54.7 Å². The molecule has 5 rings (SSSR count). The van der Waals surface area contributed by atoms with Crippen molar-refractivity contribution in [1.29, 1.82) is 0 Å². The molecule has 3 heterocycles. The summed E-state index contributed by atoms with van der Waals surface area (Å²) in [6.07, 6.45) is 3.55. The Morgan fingerprint density at radius 2 is 1.97 bits per heavy atom. The van der Waals surface area contributed by atoms with Crippen LogP contribution in [0.1, 0.15) is 28.0 Å². The number of anilines is 2. The van der Waals surface area contributed by atoms with E-state index in [-0.39, 0.29) is 0 Å². The van der Waals surface area contributed by atoms with Crippen molar-refractivity contribution < 1.29 is 4.79 Å². The molecule has 0 saturated carbocycles. The molecule has 0 saturated heterocycles. The van der Waals surface area contributed by atoms with Crippen LogP contribution in [-0.2, 0) is 13.0 Å². The first kappa shape index (κ1) is 19.0. The van der Waals surface area contributed by atoms with Gasteiger partial charge in [0.2, 0.25) is 5.91 Å². The summed E-state index contributed by atoms with van der Waals surface area (Å²) in [4.78, 5) is 23.7. The minimum atomic E-state index is -0.483. The number of aromatic nitrogens is 4. The van der Waals surface area contributed by atoms with Crippen molar-refractivity contribution >= 4 is 28.3 Å². The van der Waals surface area contributed by atoms with Crippen LogP contribution in [0, 0.1) is 0 Å². The van der Waals surface area contributed by atoms with E-state index in [1.54, 1.807) is 23.0 Å². The molecule has 31 heavy (non-hydrogen) atoms. The zero-order valence-electron chi connectivity index (χ0n) is 17.2. The number of hydrogen-bond donors (Lipinski definition) is 2. The molecule has 1 aliphatic heterocycles. The van der Waals surface area contributed by atoms with Gasteiger partial charge in [-0.05, 0) is 30.5 Å². The average Bonchev–Trinajstić information content (AvgIpc) is 3.22. The molecule has 4 aromatic rings. The van der Waals surface area contributed by atoms with E-state index in [2.05, 4.69) is 34.5 Å². The minimum Gasteiger partial charge on any atom is -0.370 e. The molecule has 8 heteroatoms. The molecule has 8 nitrogen and oxygen atoms in total. The lowest BCUT2D eigenvalue weighted by Gasteiger charge is -2.29. The van der Waals surface area contributed by atoms with Gasteiger partial charge in [-0.1, -0.05) is 36.4 Å².